The van der Waals surface area contributed by atoms with Gasteiger partial charge in [-0.15, -0.1) is 0 Å². The van der Waals surface area contributed by atoms with Crippen LogP contribution in [0.2, 0.25) is 5.02 Å². The van der Waals surface area contributed by atoms with E-state index < -0.39 is 11.7 Å². The molecule has 0 saturated carbocycles. The van der Waals surface area contributed by atoms with Crippen molar-refractivity contribution in [2.24, 2.45) is 0 Å². The van der Waals surface area contributed by atoms with Gasteiger partial charge >= 0.3 is 0 Å². The Kier molecular flexibility index (Phi) is 3.38. The van der Waals surface area contributed by atoms with E-state index >= 15 is 0 Å². The average Bonchev–Trinajstić information content (AvgIpc) is 2.33. The molecule has 1 aromatic carbocycles. The van der Waals surface area contributed by atoms with Gasteiger partial charge < -0.3 is 11.1 Å². The van der Waals surface area contributed by atoms with Crippen LogP contribution in [0.15, 0.2) is 30.6 Å². The summed E-state index contributed by atoms with van der Waals surface area (Å²) in [6.07, 6.45) is 2.50. The number of rotatable bonds is 2. The number of anilines is 2. The van der Waals surface area contributed by atoms with E-state index in [1.54, 1.807) is 0 Å². The SMILES string of the molecule is Nc1cnc(C(=O)Nc2ccc(F)cc2Cl)cn1. The molecule has 0 fully saturated rings. The van der Waals surface area contributed by atoms with Crippen LogP contribution in [0.25, 0.3) is 0 Å². The maximum absolute atomic E-state index is 12.8. The summed E-state index contributed by atoms with van der Waals surface area (Å²) in [5, 5.41) is 2.60. The van der Waals surface area contributed by atoms with Crippen LogP contribution < -0.4 is 11.1 Å². The molecule has 0 bridgehead atoms. The molecule has 0 aliphatic rings. The van der Waals surface area contributed by atoms with Gasteiger partial charge in [0.05, 0.1) is 23.1 Å². The smallest absolute Gasteiger partial charge is 0.275 e. The van der Waals surface area contributed by atoms with E-state index in [-0.39, 0.29) is 16.5 Å². The highest BCUT2D eigenvalue weighted by Gasteiger charge is 2.10. The lowest BCUT2D eigenvalue weighted by Crippen LogP contribution is -2.14. The van der Waals surface area contributed by atoms with Gasteiger partial charge in [0.25, 0.3) is 5.91 Å². The molecule has 0 atom stereocenters. The third-order valence-corrected chi connectivity index (χ3v) is 2.40. The van der Waals surface area contributed by atoms with Crippen molar-refractivity contribution in [1.82, 2.24) is 9.97 Å². The lowest BCUT2D eigenvalue weighted by Gasteiger charge is -2.06. The lowest BCUT2D eigenvalue weighted by atomic mass is 10.3. The highest BCUT2D eigenvalue weighted by molar-refractivity contribution is 6.33. The fraction of sp³-hybridized carbons (Fsp3) is 0. The van der Waals surface area contributed by atoms with E-state index in [9.17, 15) is 9.18 Å². The molecular weight excluding hydrogens is 259 g/mol. The first-order valence-electron chi connectivity index (χ1n) is 4.90. The highest BCUT2D eigenvalue weighted by Crippen LogP contribution is 2.22. The van der Waals surface area contributed by atoms with E-state index in [0.29, 0.717) is 5.69 Å². The van der Waals surface area contributed by atoms with E-state index in [1.165, 1.54) is 24.5 Å². The molecular formula is C11H8ClFN4O. The fourth-order valence-electron chi connectivity index (χ4n) is 1.23. The largest absolute Gasteiger partial charge is 0.382 e. The van der Waals surface area contributed by atoms with Crippen LogP contribution in [0.3, 0.4) is 0 Å². The molecule has 2 rings (SSSR count). The number of carbonyl (C=O) groups is 1. The molecule has 7 heteroatoms. The molecule has 0 spiro atoms. The van der Waals surface area contributed by atoms with Gasteiger partial charge in [-0.25, -0.2) is 14.4 Å². The Labute approximate surface area is 107 Å². The number of benzene rings is 1. The minimum Gasteiger partial charge on any atom is -0.382 e. The number of carbonyl (C=O) groups excluding carboxylic acids is 1. The molecule has 0 aliphatic carbocycles. The van der Waals surface area contributed by atoms with Gasteiger partial charge in [0.2, 0.25) is 0 Å². The van der Waals surface area contributed by atoms with Crippen LogP contribution in [0, 0.1) is 5.82 Å². The van der Waals surface area contributed by atoms with Crippen molar-refractivity contribution in [3.63, 3.8) is 0 Å². The summed E-state index contributed by atoms with van der Waals surface area (Å²) in [7, 11) is 0. The van der Waals surface area contributed by atoms with Gasteiger partial charge in [0.15, 0.2) is 0 Å². The van der Waals surface area contributed by atoms with Gasteiger partial charge in [-0.05, 0) is 18.2 Å². The van der Waals surface area contributed by atoms with Crippen molar-refractivity contribution in [3.05, 3.63) is 47.1 Å². The maximum Gasteiger partial charge on any atom is 0.275 e. The molecule has 0 saturated heterocycles. The van der Waals surface area contributed by atoms with Crippen LogP contribution in [0.5, 0.6) is 0 Å². The number of nitrogen functional groups attached to an aromatic ring is 1. The summed E-state index contributed by atoms with van der Waals surface area (Å²) >= 11 is 5.78. The molecule has 5 nitrogen and oxygen atoms in total. The third kappa shape index (κ3) is 2.72. The van der Waals surface area contributed by atoms with Crippen molar-refractivity contribution >= 4 is 29.0 Å². The molecule has 18 heavy (non-hydrogen) atoms. The molecule has 3 N–H and O–H groups in total. The molecule has 1 heterocycles. The maximum atomic E-state index is 12.8. The summed E-state index contributed by atoms with van der Waals surface area (Å²) in [5.74, 6) is -0.771. The summed E-state index contributed by atoms with van der Waals surface area (Å²) in [6, 6.07) is 3.66. The summed E-state index contributed by atoms with van der Waals surface area (Å²) in [5.41, 5.74) is 5.73. The molecule has 92 valence electrons. The first-order valence-corrected chi connectivity index (χ1v) is 5.28. The molecule has 1 amide bonds. The zero-order chi connectivity index (χ0) is 13.1. The Morgan fingerprint density at radius 1 is 1.33 bits per heavy atom. The standard InChI is InChI=1S/C11H8ClFN4O/c12-7-3-6(13)1-2-8(7)17-11(18)9-4-16-10(14)5-15-9/h1-5H,(H2,14,16)(H,17,18). The fourth-order valence-corrected chi connectivity index (χ4v) is 1.45. The zero-order valence-corrected chi connectivity index (χ0v) is 9.78. The number of nitrogens with zero attached hydrogens (tertiary/aromatic N) is 2. The minimum absolute atomic E-state index is 0.0876. The molecule has 2 aromatic rings. The zero-order valence-electron chi connectivity index (χ0n) is 9.02. The first-order chi connectivity index (χ1) is 8.56. The number of amides is 1. The van der Waals surface area contributed by atoms with E-state index in [0.717, 1.165) is 6.07 Å². The van der Waals surface area contributed by atoms with Crippen molar-refractivity contribution in [1.29, 1.82) is 0 Å². The summed E-state index contributed by atoms with van der Waals surface area (Å²) in [4.78, 5) is 19.3. The number of hydrogen-bond acceptors (Lipinski definition) is 4. The second-order valence-corrected chi connectivity index (χ2v) is 3.81. The Balaban J connectivity index is 2.18. The third-order valence-electron chi connectivity index (χ3n) is 2.08. The van der Waals surface area contributed by atoms with Crippen LogP contribution in [0.4, 0.5) is 15.9 Å². The van der Waals surface area contributed by atoms with Crippen LogP contribution in [-0.2, 0) is 0 Å². The van der Waals surface area contributed by atoms with Gasteiger partial charge in [0, 0.05) is 0 Å². The average molecular weight is 267 g/mol. The van der Waals surface area contributed by atoms with Crippen molar-refractivity contribution in [2.45, 2.75) is 0 Å². The molecule has 0 unspecified atom stereocenters. The van der Waals surface area contributed by atoms with Crippen LogP contribution in [-0.4, -0.2) is 15.9 Å². The summed E-state index contributed by atoms with van der Waals surface area (Å²) in [6.45, 7) is 0. The van der Waals surface area contributed by atoms with Gasteiger partial charge in [-0.2, -0.15) is 0 Å². The quantitative estimate of drug-likeness (QED) is 0.872. The molecule has 0 radical (unpaired) electrons. The Bertz CT molecular complexity index is 588. The number of halogens is 2. The second-order valence-electron chi connectivity index (χ2n) is 3.40. The van der Waals surface area contributed by atoms with Crippen molar-refractivity contribution in [3.8, 4) is 0 Å². The predicted octanol–water partition coefficient (Wildman–Crippen LogP) is 2.10. The topological polar surface area (TPSA) is 80.9 Å². The van der Waals surface area contributed by atoms with Crippen LogP contribution in [0.1, 0.15) is 10.5 Å². The van der Waals surface area contributed by atoms with E-state index in [2.05, 4.69) is 15.3 Å². The Morgan fingerprint density at radius 2 is 2.11 bits per heavy atom. The van der Waals surface area contributed by atoms with Gasteiger partial charge in [-0.1, -0.05) is 11.6 Å². The highest BCUT2D eigenvalue weighted by atomic mass is 35.5. The lowest BCUT2D eigenvalue weighted by molar-refractivity contribution is 0.102. The molecule has 1 aromatic heterocycles. The van der Waals surface area contributed by atoms with Crippen molar-refractivity contribution in [2.75, 3.05) is 11.1 Å². The Hall–Kier alpha value is -2.21. The first kappa shape index (κ1) is 12.3. The normalized spacial score (nSPS) is 10.1. The number of hydrogen-bond donors (Lipinski definition) is 2. The summed E-state index contributed by atoms with van der Waals surface area (Å²) < 4.78 is 12.8. The number of nitrogens with one attached hydrogen (secondary N) is 1. The van der Waals surface area contributed by atoms with E-state index in [1.807, 2.05) is 0 Å². The van der Waals surface area contributed by atoms with Gasteiger partial charge in [0.1, 0.15) is 17.3 Å². The van der Waals surface area contributed by atoms with Gasteiger partial charge in [-0.3, -0.25) is 4.79 Å². The number of nitrogens with two attached hydrogens (primary N) is 1. The second kappa shape index (κ2) is 4.97. The monoisotopic (exact) mass is 266 g/mol. The minimum atomic E-state index is -0.504. The van der Waals surface area contributed by atoms with E-state index in [4.69, 9.17) is 17.3 Å². The predicted molar refractivity (Wildman–Crippen MR) is 65.8 cm³/mol. The van der Waals surface area contributed by atoms with Crippen molar-refractivity contribution < 1.29 is 9.18 Å². The molecule has 0 aliphatic heterocycles. The Morgan fingerprint density at radius 3 is 2.72 bits per heavy atom. The number of aromatic nitrogens is 2. The van der Waals surface area contributed by atoms with Crippen LogP contribution >= 0.6 is 11.6 Å².